The second kappa shape index (κ2) is 5.16. The van der Waals surface area contributed by atoms with Crippen molar-refractivity contribution in [2.45, 2.75) is 38.3 Å². The van der Waals surface area contributed by atoms with Crippen LogP contribution in [0.15, 0.2) is 18.2 Å². The van der Waals surface area contributed by atoms with E-state index in [2.05, 4.69) is 4.90 Å². The number of benzene rings is 1. The van der Waals surface area contributed by atoms with Gasteiger partial charge in [-0.05, 0) is 58.0 Å². The van der Waals surface area contributed by atoms with Gasteiger partial charge in [-0.1, -0.05) is 11.6 Å². The summed E-state index contributed by atoms with van der Waals surface area (Å²) in [6, 6.07) is 4.13. The SMILES string of the molecule is CC(C)(C(O)c1cc(F)ccc1Cl)N1CCCC1. The van der Waals surface area contributed by atoms with Gasteiger partial charge in [0.1, 0.15) is 5.82 Å². The van der Waals surface area contributed by atoms with Crippen LogP contribution in [-0.2, 0) is 0 Å². The molecule has 1 aromatic carbocycles. The van der Waals surface area contributed by atoms with Crippen LogP contribution in [0.2, 0.25) is 5.02 Å². The summed E-state index contributed by atoms with van der Waals surface area (Å²) in [7, 11) is 0. The van der Waals surface area contributed by atoms with Gasteiger partial charge in [-0.25, -0.2) is 4.39 Å². The summed E-state index contributed by atoms with van der Waals surface area (Å²) in [5.41, 5.74) is 0.0297. The molecule has 0 bridgehead atoms. The van der Waals surface area contributed by atoms with Gasteiger partial charge in [-0.2, -0.15) is 0 Å². The Morgan fingerprint density at radius 3 is 2.56 bits per heavy atom. The van der Waals surface area contributed by atoms with Crippen LogP contribution in [0.5, 0.6) is 0 Å². The van der Waals surface area contributed by atoms with E-state index < -0.39 is 11.6 Å². The Morgan fingerprint density at radius 1 is 1.33 bits per heavy atom. The van der Waals surface area contributed by atoms with Crippen LogP contribution in [0.4, 0.5) is 4.39 Å². The van der Waals surface area contributed by atoms with Gasteiger partial charge >= 0.3 is 0 Å². The molecule has 1 atom stereocenters. The van der Waals surface area contributed by atoms with E-state index in [9.17, 15) is 9.50 Å². The van der Waals surface area contributed by atoms with E-state index in [0.717, 1.165) is 25.9 Å². The molecule has 2 rings (SSSR count). The van der Waals surface area contributed by atoms with Gasteiger partial charge in [-0.15, -0.1) is 0 Å². The molecule has 1 aliphatic heterocycles. The van der Waals surface area contributed by atoms with Gasteiger partial charge < -0.3 is 5.11 Å². The predicted octanol–water partition coefficient (Wildman–Crippen LogP) is 3.39. The molecule has 0 amide bonds. The maximum absolute atomic E-state index is 13.3. The normalized spacial score (nSPS) is 19.2. The molecule has 1 aromatic rings. The van der Waals surface area contributed by atoms with E-state index in [1.54, 1.807) is 0 Å². The lowest BCUT2D eigenvalue weighted by molar-refractivity contribution is 0.00123. The zero-order valence-electron chi connectivity index (χ0n) is 10.8. The topological polar surface area (TPSA) is 23.5 Å². The van der Waals surface area contributed by atoms with E-state index in [-0.39, 0.29) is 5.82 Å². The Balaban J connectivity index is 2.28. The summed E-state index contributed by atoms with van der Waals surface area (Å²) in [5, 5.41) is 10.9. The molecule has 18 heavy (non-hydrogen) atoms. The van der Waals surface area contributed by atoms with Crippen molar-refractivity contribution in [1.82, 2.24) is 4.90 Å². The van der Waals surface area contributed by atoms with Crippen molar-refractivity contribution in [1.29, 1.82) is 0 Å². The smallest absolute Gasteiger partial charge is 0.123 e. The average molecular weight is 272 g/mol. The molecule has 1 heterocycles. The van der Waals surface area contributed by atoms with Gasteiger partial charge in [0.25, 0.3) is 0 Å². The molecule has 1 fully saturated rings. The average Bonchev–Trinajstić information content (AvgIpc) is 2.85. The van der Waals surface area contributed by atoms with Gasteiger partial charge in [0.05, 0.1) is 6.10 Å². The van der Waals surface area contributed by atoms with Gasteiger partial charge in [0, 0.05) is 16.1 Å². The third-order valence-electron chi connectivity index (χ3n) is 3.84. The summed E-state index contributed by atoms with van der Waals surface area (Å²) in [6.45, 7) is 5.89. The van der Waals surface area contributed by atoms with Crippen LogP contribution in [0.1, 0.15) is 38.4 Å². The molecule has 0 aromatic heterocycles. The van der Waals surface area contributed by atoms with E-state index in [4.69, 9.17) is 11.6 Å². The van der Waals surface area contributed by atoms with E-state index >= 15 is 0 Å². The Labute approximate surface area is 112 Å². The fourth-order valence-corrected chi connectivity index (χ4v) is 2.79. The zero-order chi connectivity index (χ0) is 13.3. The van der Waals surface area contributed by atoms with Crippen molar-refractivity contribution in [2.24, 2.45) is 0 Å². The standard InChI is InChI=1S/C14H19ClFNO/c1-14(2,17-7-3-4-8-17)13(18)11-9-10(16)5-6-12(11)15/h5-6,9,13,18H,3-4,7-8H2,1-2H3. The van der Waals surface area contributed by atoms with Crippen LogP contribution >= 0.6 is 11.6 Å². The van der Waals surface area contributed by atoms with Gasteiger partial charge in [0.2, 0.25) is 0 Å². The van der Waals surface area contributed by atoms with Crippen molar-refractivity contribution < 1.29 is 9.50 Å². The first-order valence-corrected chi connectivity index (χ1v) is 6.69. The lowest BCUT2D eigenvalue weighted by atomic mass is 9.89. The molecule has 2 nitrogen and oxygen atoms in total. The summed E-state index contributed by atoms with van der Waals surface area (Å²) in [5.74, 6) is -0.370. The second-order valence-electron chi connectivity index (χ2n) is 5.42. The van der Waals surface area contributed by atoms with E-state index in [1.807, 2.05) is 13.8 Å². The monoisotopic (exact) mass is 271 g/mol. The van der Waals surface area contributed by atoms with Crippen LogP contribution < -0.4 is 0 Å². The molecular weight excluding hydrogens is 253 g/mol. The minimum absolute atomic E-state index is 0.370. The van der Waals surface area contributed by atoms with Gasteiger partial charge in [-0.3, -0.25) is 4.90 Å². The number of halogens is 2. The van der Waals surface area contributed by atoms with Crippen LogP contribution in [-0.4, -0.2) is 28.6 Å². The Hall–Kier alpha value is -0.640. The third kappa shape index (κ3) is 2.53. The molecule has 1 saturated heterocycles. The Kier molecular flexibility index (Phi) is 3.95. The van der Waals surface area contributed by atoms with E-state index in [1.165, 1.54) is 18.2 Å². The highest BCUT2D eigenvalue weighted by molar-refractivity contribution is 6.31. The molecule has 100 valence electrons. The van der Waals surface area contributed by atoms with Crippen LogP contribution in [0, 0.1) is 5.82 Å². The fourth-order valence-electron chi connectivity index (χ4n) is 2.57. The lowest BCUT2D eigenvalue weighted by Gasteiger charge is -2.39. The van der Waals surface area contributed by atoms with Crippen molar-refractivity contribution in [3.63, 3.8) is 0 Å². The maximum Gasteiger partial charge on any atom is 0.123 e. The molecule has 0 saturated carbocycles. The zero-order valence-corrected chi connectivity index (χ0v) is 11.5. The van der Waals surface area contributed by atoms with Crippen molar-refractivity contribution >= 4 is 11.6 Å². The molecule has 1 aliphatic rings. The van der Waals surface area contributed by atoms with Gasteiger partial charge in [0.15, 0.2) is 0 Å². The molecule has 1 N–H and O–H groups in total. The predicted molar refractivity (Wildman–Crippen MR) is 71.3 cm³/mol. The number of nitrogens with zero attached hydrogens (tertiary/aromatic N) is 1. The lowest BCUT2D eigenvalue weighted by Crippen LogP contribution is -2.46. The van der Waals surface area contributed by atoms with Crippen LogP contribution in [0.3, 0.4) is 0 Å². The summed E-state index contributed by atoms with van der Waals surface area (Å²) in [4.78, 5) is 2.24. The first kappa shape index (κ1) is 13.8. The Morgan fingerprint density at radius 2 is 1.94 bits per heavy atom. The fraction of sp³-hybridized carbons (Fsp3) is 0.571. The number of hydrogen-bond donors (Lipinski definition) is 1. The largest absolute Gasteiger partial charge is 0.386 e. The maximum atomic E-state index is 13.3. The summed E-state index contributed by atoms with van der Waals surface area (Å²) < 4.78 is 13.3. The highest BCUT2D eigenvalue weighted by Gasteiger charge is 2.37. The first-order valence-electron chi connectivity index (χ1n) is 6.31. The molecule has 1 unspecified atom stereocenters. The number of aliphatic hydroxyl groups excluding tert-OH is 1. The van der Waals surface area contributed by atoms with Crippen molar-refractivity contribution in [3.8, 4) is 0 Å². The molecular formula is C14H19ClFNO. The Bertz CT molecular complexity index is 430. The quantitative estimate of drug-likeness (QED) is 0.911. The number of aliphatic hydroxyl groups is 1. The summed E-state index contributed by atoms with van der Waals surface area (Å²) >= 11 is 6.06. The summed E-state index contributed by atoms with van der Waals surface area (Å²) in [6.07, 6.45) is 1.50. The molecule has 0 aliphatic carbocycles. The number of rotatable bonds is 3. The third-order valence-corrected chi connectivity index (χ3v) is 4.19. The molecule has 4 heteroatoms. The molecule has 0 spiro atoms. The highest BCUT2D eigenvalue weighted by Crippen LogP contribution is 2.36. The van der Waals surface area contributed by atoms with Crippen molar-refractivity contribution in [2.75, 3.05) is 13.1 Å². The minimum atomic E-state index is -0.793. The van der Waals surface area contributed by atoms with Crippen LogP contribution in [0.25, 0.3) is 0 Å². The first-order chi connectivity index (χ1) is 8.43. The minimum Gasteiger partial charge on any atom is -0.386 e. The highest BCUT2D eigenvalue weighted by atomic mass is 35.5. The second-order valence-corrected chi connectivity index (χ2v) is 5.82. The molecule has 0 radical (unpaired) electrons. The van der Waals surface area contributed by atoms with Crippen molar-refractivity contribution in [3.05, 3.63) is 34.6 Å². The number of hydrogen-bond acceptors (Lipinski definition) is 2. The number of likely N-dealkylation sites (tertiary alicyclic amines) is 1. The van der Waals surface area contributed by atoms with E-state index in [0.29, 0.717) is 10.6 Å².